The van der Waals surface area contributed by atoms with Crippen molar-refractivity contribution in [2.45, 2.75) is 18.6 Å². The van der Waals surface area contributed by atoms with E-state index in [4.69, 9.17) is 5.14 Å². The molecule has 1 saturated heterocycles. The zero-order valence-corrected chi connectivity index (χ0v) is 11.9. The molecule has 110 valence electrons. The fourth-order valence-corrected chi connectivity index (χ4v) is 2.89. The number of sulfonamides is 1. The van der Waals surface area contributed by atoms with Crippen molar-refractivity contribution in [1.29, 1.82) is 0 Å². The number of amides is 1. The van der Waals surface area contributed by atoms with Gasteiger partial charge in [0.15, 0.2) is 0 Å². The lowest BCUT2D eigenvalue weighted by atomic mass is 9.99. The van der Waals surface area contributed by atoms with Crippen molar-refractivity contribution >= 4 is 21.6 Å². The van der Waals surface area contributed by atoms with Crippen molar-refractivity contribution in [2.24, 2.45) is 11.1 Å². The van der Waals surface area contributed by atoms with Gasteiger partial charge in [-0.25, -0.2) is 13.6 Å². The van der Waals surface area contributed by atoms with E-state index >= 15 is 0 Å². The van der Waals surface area contributed by atoms with E-state index in [0.29, 0.717) is 17.8 Å². The predicted molar refractivity (Wildman–Crippen MR) is 77.5 cm³/mol. The summed E-state index contributed by atoms with van der Waals surface area (Å²) in [5, 5.41) is 11.0. The quantitative estimate of drug-likeness (QED) is 0.749. The first kappa shape index (κ1) is 15.0. The molecule has 4 N–H and O–H groups in total. The molecule has 1 aliphatic rings. The largest absolute Gasteiger partial charge is 0.326 e. The lowest BCUT2D eigenvalue weighted by Gasteiger charge is -2.21. The maximum atomic E-state index is 12.0. The Balaban J connectivity index is 1.94. The van der Waals surface area contributed by atoms with Crippen molar-refractivity contribution in [2.75, 3.05) is 18.4 Å². The maximum absolute atomic E-state index is 12.0. The number of hydrogen-bond donors (Lipinski definition) is 3. The number of anilines is 1. The minimum absolute atomic E-state index is 0.00334. The minimum atomic E-state index is -3.53. The Hall–Kier alpha value is -1.44. The number of hydrogen-bond acceptors (Lipinski definition) is 4. The zero-order chi connectivity index (χ0) is 14.6. The van der Waals surface area contributed by atoms with Crippen LogP contribution in [0.25, 0.3) is 0 Å². The molecular formula is C13H19N3O3S. The Bertz CT molecular complexity index is 563. The van der Waals surface area contributed by atoms with Crippen LogP contribution in [0.3, 0.4) is 0 Å². The van der Waals surface area contributed by atoms with Gasteiger partial charge in [-0.1, -0.05) is 12.1 Å². The number of benzene rings is 1. The van der Waals surface area contributed by atoms with E-state index in [2.05, 4.69) is 10.6 Å². The monoisotopic (exact) mass is 297 g/mol. The summed E-state index contributed by atoms with van der Waals surface area (Å²) >= 11 is 0. The van der Waals surface area contributed by atoms with Crippen LogP contribution in [0.15, 0.2) is 24.3 Å². The molecule has 6 nitrogen and oxygen atoms in total. The zero-order valence-electron chi connectivity index (χ0n) is 11.1. The average Bonchev–Trinajstić information content (AvgIpc) is 2.40. The average molecular weight is 297 g/mol. The van der Waals surface area contributed by atoms with E-state index in [-0.39, 0.29) is 17.6 Å². The lowest BCUT2D eigenvalue weighted by molar-refractivity contribution is -0.120. The lowest BCUT2D eigenvalue weighted by Crippen LogP contribution is -2.37. The molecule has 1 aromatic rings. The van der Waals surface area contributed by atoms with Crippen molar-refractivity contribution in [3.8, 4) is 0 Å². The van der Waals surface area contributed by atoms with Gasteiger partial charge in [0.1, 0.15) is 0 Å². The predicted octanol–water partition coefficient (Wildman–Crippen LogP) is 0.413. The van der Waals surface area contributed by atoms with Crippen LogP contribution < -0.4 is 15.8 Å². The highest BCUT2D eigenvalue weighted by molar-refractivity contribution is 7.88. The highest BCUT2D eigenvalue weighted by Crippen LogP contribution is 2.15. The Morgan fingerprint density at radius 1 is 1.35 bits per heavy atom. The first-order valence-corrected chi connectivity index (χ1v) is 8.26. The van der Waals surface area contributed by atoms with E-state index in [1.807, 2.05) is 0 Å². The van der Waals surface area contributed by atoms with Gasteiger partial charge in [0.25, 0.3) is 0 Å². The molecule has 0 aliphatic carbocycles. The molecule has 0 radical (unpaired) electrons. The van der Waals surface area contributed by atoms with E-state index < -0.39 is 10.0 Å². The smallest absolute Gasteiger partial charge is 0.228 e. The summed E-state index contributed by atoms with van der Waals surface area (Å²) < 4.78 is 21.9. The fourth-order valence-electron chi connectivity index (χ4n) is 2.24. The summed E-state index contributed by atoms with van der Waals surface area (Å²) in [6.45, 7) is 1.67. The summed E-state index contributed by atoms with van der Waals surface area (Å²) in [5.41, 5.74) is 1.27. The third-order valence-electron chi connectivity index (χ3n) is 3.26. The van der Waals surface area contributed by atoms with Gasteiger partial charge >= 0.3 is 0 Å². The van der Waals surface area contributed by atoms with Gasteiger partial charge in [-0.3, -0.25) is 4.79 Å². The van der Waals surface area contributed by atoms with Gasteiger partial charge in [-0.05, 0) is 37.1 Å². The fraction of sp³-hybridized carbons (Fsp3) is 0.462. The molecule has 1 fully saturated rings. The van der Waals surface area contributed by atoms with Gasteiger partial charge in [-0.15, -0.1) is 0 Å². The SMILES string of the molecule is NS(=O)(=O)Cc1ccc(NC(=O)[C@@H]2CCCNC2)cc1. The van der Waals surface area contributed by atoms with Crippen LogP contribution in [-0.4, -0.2) is 27.4 Å². The highest BCUT2D eigenvalue weighted by atomic mass is 32.2. The first-order valence-electron chi connectivity index (χ1n) is 6.55. The van der Waals surface area contributed by atoms with Crippen molar-refractivity contribution in [3.63, 3.8) is 0 Å². The molecule has 20 heavy (non-hydrogen) atoms. The van der Waals surface area contributed by atoms with Gasteiger partial charge < -0.3 is 10.6 Å². The topological polar surface area (TPSA) is 101 Å². The number of nitrogens with one attached hydrogen (secondary N) is 2. The number of rotatable bonds is 4. The number of piperidine rings is 1. The van der Waals surface area contributed by atoms with E-state index in [0.717, 1.165) is 19.4 Å². The number of carbonyl (C=O) groups excluding carboxylic acids is 1. The Morgan fingerprint density at radius 2 is 2.05 bits per heavy atom. The van der Waals surface area contributed by atoms with Crippen LogP contribution in [0.4, 0.5) is 5.69 Å². The number of carbonyl (C=O) groups is 1. The molecule has 0 bridgehead atoms. The van der Waals surface area contributed by atoms with E-state index in [1.54, 1.807) is 24.3 Å². The standard InChI is InChI=1S/C13H19N3O3S/c14-20(18,19)9-10-3-5-12(6-4-10)16-13(17)11-2-1-7-15-8-11/h3-6,11,15H,1-2,7-9H2,(H,16,17)(H2,14,18,19)/t11-/m1/s1. The summed E-state index contributed by atoms with van der Waals surface area (Å²) in [4.78, 5) is 12.0. The van der Waals surface area contributed by atoms with E-state index in [9.17, 15) is 13.2 Å². The van der Waals surface area contributed by atoms with E-state index in [1.165, 1.54) is 0 Å². The molecule has 0 spiro atoms. The van der Waals surface area contributed by atoms with Crippen LogP contribution in [0.1, 0.15) is 18.4 Å². The molecule has 1 amide bonds. The minimum Gasteiger partial charge on any atom is -0.326 e. The second-order valence-electron chi connectivity index (χ2n) is 5.04. The second-order valence-corrected chi connectivity index (χ2v) is 6.65. The molecule has 1 aromatic carbocycles. The number of nitrogens with two attached hydrogens (primary N) is 1. The molecular weight excluding hydrogens is 278 g/mol. The third-order valence-corrected chi connectivity index (χ3v) is 3.99. The highest BCUT2D eigenvalue weighted by Gasteiger charge is 2.20. The Labute approximate surface area is 118 Å². The van der Waals surface area contributed by atoms with Crippen molar-refractivity contribution < 1.29 is 13.2 Å². The summed E-state index contributed by atoms with van der Waals surface area (Å²) in [7, 11) is -3.53. The molecule has 0 saturated carbocycles. The summed E-state index contributed by atoms with van der Waals surface area (Å²) in [5.74, 6) is -0.211. The Morgan fingerprint density at radius 3 is 2.60 bits per heavy atom. The Kier molecular flexibility index (Phi) is 4.74. The molecule has 0 aromatic heterocycles. The van der Waals surface area contributed by atoms with Gasteiger partial charge in [0, 0.05) is 12.2 Å². The van der Waals surface area contributed by atoms with Gasteiger partial charge in [0.05, 0.1) is 11.7 Å². The van der Waals surface area contributed by atoms with Gasteiger partial charge in [-0.2, -0.15) is 0 Å². The molecule has 0 unspecified atom stereocenters. The maximum Gasteiger partial charge on any atom is 0.228 e. The van der Waals surface area contributed by atoms with Crippen molar-refractivity contribution in [1.82, 2.24) is 5.32 Å². The van der Waals surface area contributed by atoms with Crippen LogP contribution in [-0.2, 0) is 20.6 Å². The number of primary sulfonamides is 1. The van der Waals surface area contributed by atoms with Crippen LogP contribution in [0, 0.1) is 5.92 Å². The first-order chi connectivity index (χ1) is 9.44. The molecule has 1 heterocycles. The molecule has 2 rings (SSSR count). The van der Waals surface area contributed by atoms with Crippen LogP contribution in [0.5, 0.6) is 0 Å². The third kappa shape index (κ3) is 4.59. The summed E-state index contributed by atoms with van der Waals surface area (Å²) in [6.07, 6.45) is 1.90. The molecule has 1 atom stereocenters. The normalized spacial score (nSPS) is 19.6. The molecule has 7 heteroatoms. The van der Waals surface area contributed by atoms with Gasteiger partial charge in [0.2, 0.25) is 15.9 Å². The van der Waals surface area contributed by atoms with Crippen LogP contribution >= 0.6 is 0 Å². The second kappa shape index (κ2) is 6.34. The van der Waals surface area contributed by atoms with Crippen molar-refractivity contribution in [3.05, 3.63) is 29.8 Å². The molecule has 1 aliphatic heterocycles. The summed E-state index contributed by atoms with van der Waals surface area (Å²) in [6, 6.07) is 6.68. The van der Waals surface area contributed by atoms with Crippen LogP contribution in [0.2, 0.25) is 0 Å².